The molecule has 1 aromatic rings. The number of aryl methyl sites for hydroxylation is 1. The van der Waals surface area contributed by atoms with Gasteiger partial charge in [0, 0.05) is 28.6 Å². The molecule has 2 nitrogen and oxygen atoms in total. The highest BCUT2D eigenvalue weighted by molar-refractivity contribution is 8.06. The Hall–Kier alpha value is -0.320. The van der Waals surface area contributed by atoms with Gasteiger partial charge in [0.15, 0.2) is 0 Å². The van der Waals surface area contributed by atoms with Crippen LogP contribution < -0.4 is 10.1 Å². The maximum Gasteiger partial charge on any atom is 0.118 e. The first-order valence-corrected chi connectivity index (χ1v) is 9.03. The molecule has 19 heavy (non-hydrogen) atoms. The van der Waals surface area contributed by atoms with Gasteiger partial charge in [-0.25, -0.2) is 0 Å². The van der Waals surface area contributed by atoms with Crippen molar-refractivity contribution in [3.63, 3.8) is 0 Å². The van der Waals surface area contributed by atoms with E-state index in [2.05, 4.69) is 60.2 Å². The zero-order valence-corrected chi connectivity index (χ0v) is 13.4. The number of benzene rings is 1. The minimum atomic E-state index is 0.625. The van der Waals surface area contributed by atoms with Crippen molar-refractivity contribution in [2.24, 2.45) is 0 Å². The van der Waals surface area contributed by atoms with Crippen LogP contribution in [0.5, 0.6) is 5.75 Å². The van der Waals surface area contributed by atoms with Gasteiger partial charge in [0.25, 0.3) is 0 Å². The van der Waals surface area contributed by atoms with Gasteiger partial charge in [0.05, 0.1) is 7.11 Å². The average Bonchev–Trinajstić information content (AvgIpc) is 2.49. The highest BCUT2D eigenvalue weighted by atomic mass is 32.2. The van der Waals surface area contributed by atoms with Gasteiger partial charge in [0.2, 0.25) is 0 Å². The van der Waals surface area contributed by atoms with E-state index in [4.69, 9.17) is 4.74 Å². The summed E-state index contributed by atoms with van der Waals surface area (Å²) in [6, 6.07) is 9.08. The summed E-state index contributed by atoms with van der Waals surface area (Å²) in [5.41, 5.74) is 1.40. The van der Waals surface area contributed by atoms with Crippen LogP contribution in [0.1, 0.15) is 12.0 Å². The van der Waals surface area contributed by atoms with Gasteiger partial charge in [0.1, 0.15) is 5.75 Å². The minimum absolute atomic E-state index is 0.625. The van der Waals surface area contributed by atoms with Crippen molar-refractivity contribution >= 4 is 23.5 Å². The Morgan fingerprint density at radius 3 is 2.68 bits per heavy atom. The maximum absolute atomic E-state index is 5.19. The summed E-state index contributed by atoms with van der Waals surface area (Å²) >= 11 is 4.23. The lowest BCUT2D eigenvalue weighted by atomic mass is 10.0. The number of rotatable bonds is 6. The Morgan fingerprint density at radius 1 is 1.32 bits per heavy atom. The first kappa shape index (κ1) is 15.1. The largest absolute Gasteiger partial charge is 0.497 e. The second-order valence-corrected chi connectivity index (χ2v) is 7.26. The summed E-state index contributed by atoms with van der Waals surface area (Å²) in [4.78, 5) is 0. The quantitative estimate of drug-likeness (QED) is 0.871. The average molecular weight is 297 g/mol. The van der Waals surface area contributed by atoms with Gasteiger partial charge in [-0.1, -0.05) is 12.1 Å². The highest BCUT2D eigenvalue weighted by Crippen LogP contribution is 2.28. The van der Waals surface area contributed by atoms with Crippen LogP contribution in [0, 0.1) is 0 Å². The monoisotopic (exact) mass is 297 g/mol. The second kappa shape index (κ2) is 8.08. The van der Waals surface area contributed by atoms with E-state index in [0.717, 1.165) is 17.4 Å². The van der Waals surface area contributed by atoms with Gasteiger partial charge < -0.3 is 10.1 Å². The molecule has 0 spiro atoms. The Bertz CT molecular complexity index is 363. The molecular weight excluding hydrogens is 274 g/mol. The van der Waals surface area contributed by atoms with Crippen molar-refractivity contribution in [2.45, 2.75) is 24.1 Å². The molecule has 2 unspecified atom stereocenters. The summed E-state index contributed by atoms with van der Waals surface area (Å²) in [6.07, 6.45) is 2.35. The molecule has 0 aromatic heterocycles. The van der Waals surface area contributed by atoms with Gasteiger partial charge in [-0.05, 0) is 37.6 Å². The lowest BCUT2D eigenvalue weighted by Gasteiger charge is -2.29. The fourth-order valence-corrected chi connectivity index (χ4v) is 5.34. The molecule has 106 valence electrons. The maximum atomic E-state index is 5.19. The molecule has 0 bridgehead atoms. The van der Waals surface area contributed by atoms with Crippen LogP contribution in [0.15, 0.2) is 24.3 Å². The Morgan fingerprint density at radius 2 is 2.11 bits per heavy atom. The smallest absolute Gasteiger partial charge is 0.118 e. The lowest BCUT2D eigenvalue weighted by molar-refractivity contribution is 0.414. The molecule has 1 heterocycles. The Kier molecular flexibility index (Phi) is 6.41. The van der Waals surface area contributed by atoms with Crippen molar-refractivity contribution < 1.29 is 4.74 Å². The number of hydrogen-bond donors (Lipinski definition) is 1. The molecule has 0 aliphatic carbocycles. The van der Waals surface area contributed by atoms with Crippen molar-refractivity contribution in [2.75, 3.05) is 31.4 Å². The van der Waals surface area contributed by atoms with Crippen LogP contribution in [-0.4, -0.2) is 42.7 Å². The summed E-state index contributed by atoms with van der Waals surface area (Å²) in [5.74, 6) is 4.85. The van der Waals surface area contributed by atoms with Crippen LogP contribution in [0.2, 0.25) is 0 Å². The van der Waals surface area contributed by atoms with Crippen LogP contribution in [0.25, 0.3) is 0 Å². The Labute approximate surface area is 125 Å². The van der Waals surface area contributed by atoms with E-state index in [1.807, 2.05) is 0 Å². The van der Waals surface area contributed by atoms with Crippen LogP contribution in [0.4, 0.5) is 0 Å². The zero-order valence-electron chi connectivity index (χ0n) is 11.7. The zero-order chi connectivity index (χ0) is 13.5. The number of thioether (sulfide) groups is 2. The fourth-order valence-electron chi connectivity index (χ4n) is 2.37. The number of ether oxygens (including phenoxy) is 1. The number of methoxy groups -OCH3 is 1. The third kappa shape index (κ3) is 4.62. The van der Waals surface area contributed by atoms with Crippen molar-refractivity contribution in [1.29, 1.82) is 0 Å². The third-order valence-electron chi connectivity index (χ3n) is 3.56. The lowest BCUT2D eigenvalue weighted by Crippen LogP contribution is -2.39. The first-order chi connectivity index (χ1) is 9.33. The van der Waals surface area contributed by atoms with Gasteiger partial charge in [-0.3, -0.25) is 0 Å². The van der Waals surface area contributed by atoms with Crippen molar-refractivity contribution in [3.05, 3.63) is 29.8 Å². The molecule has 1 fully saturated rings. The molecule has 4 heteroatoms. The van der Waals surface area contributed by atoms with E-state index in [9.17, 15) is 0 Å². The van der Waals surface area contributed by atoms with Crippen LogP contribution >= 0.6 is 23.5 Å². The van der Waals surface area contributed by atoms with E-state index < -0.39 is 0 Å². The standard InChI is InChI=1S/C15H23NOS2/c1-16-14(15-11-18-9-10-19-15)8-5-12-3-6-13(17-2)7-4-12/h3-4,6-7,14-16H,5,8-11H2,1-2H3. The van der Waals surface area contributed by atoms with Crippen molar-refractivity contribution in [3.8, 4) is 5.75 Å². The van der Waals surface area contributed by atoms with Crippen LogP contribution in [-0.2, 0) is 6.42 Å². The summed E-state index contributed by atoms with van der Waals surface area (Å²) in [6.45, 7) is 0. The molecule has 1 aliphatic heterocycles. The Balaban J connectivity index is 1.84. The summed E-state index contributed by atoms with van der Waals surface area (Å²) < 4.78 is 5.19. The fraction of sp³-hybridized carbons (Fsp3) is 0.600. The number of hydrogen-bond acceptors (Lipinski definition) is 4. The molecular formula is C15H23NOS2. The normalized spacial score (nSPS) is 21.1. The molecule has 2 rings (SSSR count). The molecule has 1 N–H and O–H groups in total. The number of nitrogens with one attached hydrogen (secondary N) is 1. The second-order valence-electron chi connectivity index (χ2n) is 4.77. The molecule has 1 aliphatic rings. The predicted molar refractivity (Wildman–Crippen MR) is 87.7 cm³/mol. The van der Waals surface area contributed by atoms with Crippen molar-refractivity contribution in [1.82, 2.24) is 5.32 Å². The van der Waals surface area contributed by atoms with Gasteiger partial charge in [-0.2, -0.15) is 23.5 Å². The van der Waals surface area contributed by atoms with E-state index in [1.54, 1.807) is 7.11 Å². The van der Waals surface area contributed by atoms with Crippen LogP contribution in [0.3, 0.4) is 0 Å². The molecule has 0 amide bonds. The molecule has 0 saturated carbocycles. The first-order valence-electron chi connectivity index (χ1n) is 6.83. The summed E-state index contributed by atoms with van der Waals surface area (Å²) in [5, 5.41) is 4.27. The van der Waals surface area contributed by atoms with Gasteiger partial charge in [-0.15, -0.1) is 0 Å². The van der Waals surface area contributed by atoms with Gasteiger partial charge >= 0.3 is 0 Å². The molecule has 2 atom stereocenters. The molecule has 0 radical (unpaired) electrons. The van der Waals surface area contributed by atoms with E-state index in [-0.39, 0.29) is 0 Å². The van der Waals surface area contributed by atoms with E-state index in [0.29, 0.717) is 6.04 Å². The molecule has 1 saturated heterocycles. The third-order valence-corrected chi connectivity index (χ3v) is 6.48. The topological polar surface area (TPSA) is 21.3 Å². The molecule has 1 aromatic carbocycles. The predicted octanol–water partition coefficient (Wildman–Crippen LogP) is 3.06. The van der Waals surface area contributed by atoms with E-state index in [1.165, 1.54) is 29.2 Å². The minimum Gasteiger partial charge on any atom is -0.497 e. The van der Waals surface area contributed by atoms with E-state index >= 15 is 0 Å². The highest BCUT2D eigenvalue weighted by Gasteiger charge is 2.22. The summed E-state index contributed by atoms with van der Waals surface area (Å²) in [7, 11) is 3.81. The SMILES string of the molecule is CNC(CCc1ccc(OC)cc1)C1CSCCS1.